The van der Waals surface area contributed by atoms with Crippen molar-refractivity contribution in [2.75, 3.05) is 0 Å². The second kappa shape index (κ2) is 4.61. The maximum Gasteiger partial charge on any atom is 0.199 e. The summed E-state index contributed by atoms with van der Waals surface area (Å²) in [6.45, 7) is 0. The number of nitrogens with one attached hydrogen (secondary N) is 1. The molecule has 1 saturated heterocycles. The monoisotopic (exact) mass is 273 g/mol. The average Bonchev–Trinajstić information content (AvgIpc) is 2.37. The van der Waals surface area contributed by atoms with Gasteiger partial charge in [0.25, 0.3) is 0 Å². The van der Waals surface area contributed by atoms with Gasteiger partial charge in [-0.15, -0.1) is 0 Å². The topological polar surface area (TPSA) is 21.3 Å². The van der Waals surface area contributed by atoms with Crippen LogP contribution in [0.15, 0.2) is 0 Å². The van der Waals surface area contributed by atoms with Gasteiger partial charge in [0, 0.05) is 0 Å². The Hall–Kier alpha value is -0.775. The van der Waals surface area contributed by atoms with E-state index in [4.69, 9.17) is 59.7 Å². The van der Waals surface area contributed by atoms with Gasteiger partial charge in [0.1, 0.15) is 29.4 Å². The molecule has 0 amide bonds. The van der Waals surface area contributed by atoms with Crippen molar-refractivity contribution in [3.8, 4) is 5.75 Å². The highest BCUT2D eigenvalue weighted by atomic mass is 19.2. The Kier molecular flexibility index (Phi) is 3.64. The van der Waals surface area contributed by atoms with Crippen LogP contribution in [0.25, 0.3) is 0 Å². The van der Waals surface area contributed by atoms with Crippen LogP contribution in [0.2, 0.25) is 0 Å². The molecule has 1 aliphatic rings. The number of halogens is 3. The van der Waals surface area contributed by atoms with Crippen LogP contribution >= 0.6 is 0 Å². The Morgan fingerprint density at radius 3 is 1.67 bits per heavy atom. The van der Waals surface area contributed by atoms with E-state index in [-0.39, 0.29) is 0 Å². The summed E-state index contributed by atoms with van der Waals surface area (Å²) >= 11 is 0. The normalized spacial score (nSPS) is 21.5. The Balaban J connectivity index is 2.55. The van der Waals surface area contributed by atoms with Crippen molar-refractivity contribution < 1.29 is 17.9 Å². The fraction of sp³-hybridized carbons (Fsp3) is 0.333. The largest absolute Gasteiger partial charge is 0.494 e. The first-order chi connectivity index (χ1) is 9.36. The maximum absolute atomic E-state index is 13.8. The van der Waals surface area contributed by atoms with Gasteiger partial charge in [-0.25, -0.2) is 8.78 Å². The summed E-state index contributed by atoms with van der Waals surface area (Å²) in [7, 11) is 38.0. The Bertz CT molecular complexity index is 581. The van der Waals surface area contributed by atoms with Crippen LogP contribution in [-0.2, 0) is 0 Å². The SMILES string of the molecule is [B]c1c(F)c([B])c(OC2([B])C([B])([B])NC2([B])[B])c(F)c1F. The minimum absolute atomic E-state index is 0.935. The molecule has 0 bridgehead atoms. The molecule has 1 aromatic carbocycles. The molecular weight excluding hydrogens is 271 g/mol. The first-order valence-corrected chi connectivity index (χ1v) is 5.50. The first-order valence-electron chi connectivity index (χ1n) is 5.50. The first kappa shape index (κ1) is 16.6. The van der Waals surface area contributed by atoms with Crippen molar-refractivity contribution in [2.45, 2.75) is 16.2 Å². The zero-order valence-electron chi connectivity index (χ0n) is 10.6. The van der Waals surface area contributed by atoms with E-state index in [2.05, 4.69) is 5.32 Å². The number of rotatable bonds is 2. The molecule has 2 nitrogen and oxygen atoms in total. The molecule has 12 heteroatoms. The molecule has 0 aliphatic carbocycles. The van der Waals surface area contributed by atoms with Crippen LogP contribution in [0.1, 0.15) is 0 Å². The van der Waals surface area contributed by atoms with Crippen LogP contribution in [0.4, 0.5) is 13.2 Å². The molecule has 1 heterocycles. The molecule has 0 spiro atoms. The summed E-state index contributed by atoms with van der Waals surface area (Å²) in [5, 5.41) is -1.79. The predicted molar refractivity (Wildman–Crippen MR) is 77.8 cm³/mol. The second-order valence-corrected chi connectivity index (χ2v) is 4.80. The molecule has 0 aromatic heterocycles. The lowest BCUT2D eigenvalue weighted by atomic mass is 9.27. The van der Waals surface area contributed by atoms with Crippen molar-refractivity contribution >= 4 is 65.8 Å². The predicted octanol–water partition coefficient (Wildman–Crippen LogP) is -3.48. The summed E-state index contributed by atoms with van der Waals surface area (Å²) in [4.78, 5) is 0. The highest BCUT2D eigenvalue weighted by Gasteiger charge is 2.61. The van der Waals surface area contributed by atoms with Crippen LogP contribution < -0.4 is 21.0 Å². The highest BCUT2D eigenvalue weighted by Crippen LogP contribution is 2.38. The minimum Gasteiger partial charge on any atom is -0.494 e. The van der Waals surface area contributed by atoms with Crippen LogP contribution in [0.5, 0.6) is 5.75 Å². The molecule has 1 N–H and O–H groups in total. The van der Waals surface area contributed by atoms with Gasteiger partial charge in [0.2, 0.25) is 0 Å². The van der Waals surface area contributed by atoms with E-state index in [9.17, 15) is 13.2 Å². The zero-order valence-corrected chi connectivity index (χ0v) is 10.6. The van der Waals surface area contributed by atoms with E-state index in [0.29, 0.717) is 0 Å². The molecule has 0 atom stereocenters. The average molecular weight is 272 g/mol. The molecule has 14 radical (unpaired) electrons. The maximum atomic E-state index is 13.8. The van der Waals surface area contributed by atoms with Crippen LogP contribution in [0.3, 0.4) is 0 Å². The number of ether oxygens (including phenoxy) is 1. The third-order valence-electron chi connectivity index (χ3n) is 3.25. The number of benzene rings is 1. The van der Waals surface area contributed by atoms with Crippen LogP contribution in [0, 0.1) is 17.5 Å². The highest BCUT2D eigenvalue weighted by molar-refractivity contribution is 6.56. The smallest absolute Gasteiger partial charge is 0.199 e. The minimum atomic E-state index is -2.32. The lowest BCUT2D eigenvalue weighted by Crippen LogP contribution is -2.94. The fourth-order valence-electron chi connectivity index (χ4n) is 1.91. The van der Waals surface area contributed by atoms with Gasteiger partial charge in [-0.05, 0) is 21.6 Å². The van der Waals surface area contributed by atoms with E-state index in [0.717, 1.165) is 0 Å². The summed E-state index contributed by atoms with van der Waals surface area (Å²) in [5.41, 5.74) is -4.37. The lowest BCUT2D eigenvalue weighted by molar-refractivity contribution is 0.0157. The van der Waals surface area contributed by atoms with Gasteiger partial charge < -0.3 is 10.1 Å². The summed E-state index contributed by atoms with van der Waals surface area (Å²) < 4.78 is 45.8. The molecule has 2 rings (SSSR count). The van der Waals surface area contributed by atoms with E-state index in [1.54, 1.807) is 0 Å². The zero-order chi connectivity index (χ0) is 16.4. The quantitative estimate of drug-likeness (QED) is 0.446. The molecular formula is C9HB7F3NO. The van der Waals surface area contributed by atoms with E-state index in [1.807, 2.05) is 0 Å². The van der Waals surface area contributed by atoms with Gasteiger partial charge in [-0.2, -0.15) is 4.39 Å². The lowest BCUT2D eigenvalue weighted by Gasteiger charge is -2.69. The molecule has 0 unspecified atom stereocenters. The van der Waals surface area contributed by atoms with Crippen molar-refractivity contribution in [2.24, 2.45) is 0 Å². The molecule has 90 valence electrons. The third kappa shape index (κ3) is 2.09. The standard InChI is InChI=1S/C9HB7F3NO/c10-1-3(17)2(11)6(5(19)4(1)18)21-7(12)8(13,14)20-9(7,15)16/h20H. The Labute approximate surface area is 129 Å². The summed E-state index contributed by atoms with van der Waals surface area (Å²) in [6.07, 6.45) is 0. The molecule has 21 heavy (non-hydrogen) atoms. The number of hydrogen-bond donors (Lipinski definition) is 1. The molecule has 0 saturated carbocycles. The van der Waals surface area contributed by atoms with E-state index < -0.39 is 50.3 Å². The second-order valence-electron chi connectivity index (χ2n) is 4.80. The molecule has 1 aliphatic heterocycles. The van der Waals surface area contributed by atoms with Crippen molar-refractivity contribution in [3.63, 3.8) is 0 Å². The van der Waals surface area contributed by atoms with Gasteiger partial charge in [-0.1, -0.05) is 0 Å². The van der Waals surface area contributed by atoms with Gasteiger partial charge in [0.05, 0.1) is 36.9 Å². The van der Waals surface area contributed by atoms with E-state index >= 15 is 0 Å². The molecule has 1 fully saturated rings. The van der Waals surface area contributed by atoms with Gasteiger partial charge in [0.15, 0.2) is 17.4 Å². The van der Waals surface area contributed by atoms with Crippen molar-refractivity contribution in [1.82, 2.24) is 5.32 Å². The van der Waals surface area contributed by atoms with Gasteiger partial charge >= 0.3 is 0 Å². The summed E-state index contributed by atoms with van der Waals surface area (Å²) in [5.74, 6) is -5.93. The fourth-order valence-corrected chi connectivity index (χ4v) is 1.91. The van der Waals surface area contributed by atoms with E-state index in [1.165, 1.54) is 0 Å². The van der Waals surface area contributed by atoms with Gasteiger partial charge in [-0.3, -0.25) is 0 Å². The van der Waals surface area contributed by atoms with Crippen molar-refractivity contribution in [3.05, 3.63) is 17.5 Å². The number of hydrogen-bond acceptors (Lipinski definition) is 2. The Morgan fingerprint density at radius 1 is 0.762 bits per heavy atom. The van der Waals surface area contributed by atoms with Crippen LogP contribution in [-0.4, -0.2) is 71.1 Å². The molecule has 1 aromatic rings. The third-order valence-corrected chi connectivity index (χ3v) is 3.25. The Morgan fingerprint density at radius 2 is 1.24 bits per heavy atom. The van der Waals surface area contributed by atoms with Crippen molar-refractivity contribution in [1.29, 1.82) is 0 Å². The summed E-state index contributed by atoms with van der Waals surface area (Å²) in [6, 6.07) is 0.